The van der Waals surface area contributed by atoms with Crippen LogP contribution in [0.1, 0.15) is 16.2 Å². The normalized spacial score (nSPS) is 11.7. The lowest BCUT2D eigenvalue weighted by atomic mass is 10.1. The van der Waals surface area contributed by atoms with Gasteiger partial charge in [-0.2, -0.15) is 17.7 Å². The lowest BCUT2D eigenvalue weighted by Crippen LogP contribution is -2.12. The molecular formula is C18H11F3N4O3. The van der Waals surface area contributed by atoms with E-state index < -0.39 is 18.0 Å². The van der Waals surface area contributed by atoms with E-state index in [4.69, 9.17) is 9.47 Å². The van der Waals surface area contributed by atoms with E-state index in [0.29, 0.717) is 4.52 Å². The van der Waals surface area contributed by atoms with E-state index in [0.717, 1.165) is 10.8 Å². The number of alkyl halides is 3. The minimum atomic E-state index is -4.73. The van der Waals surface area contributed by atoms with Crippen LogP contribution in [-0.4, -0.2) is 32.9 Å². The third-order valence-corrected chi connectivity index (χ3v) is 3.96. The van der Waals surface area contributed by atoms with Crippen molar-refractivity contribution in [3.8, 4) is 11.6 Å². The summed E-state index contributed by atoms with van der Waals surface area (Å²) in [5, 5.41) is 11.9. The lowest BCUT2D eigenvalue weighted by molar-refractivity contribution is -0.146. The molecule has 0 saturated heterocycles. The zero-order chi connectivity index (χ0) is 19.9. The third kappa shape index (κ3) is 3.08. The average Bonchev–Trinajstić information content (AvgIpc) is 3.10. The molecule has 0 aliphatic carbocycles. The van der Waals surface area contributed by atoms with Crippen LogP contribution in [0.2, 0.25) is 0 Å². The van der Waals surface area contributed by atoms with Crippen molar-refractivity contribution in [1.29, 1.82) is 0 Å². The molecule has 0 aliphatic rings. The van der Waals surface area contributed by atoms with E-state index in [2.05, 4.69) is 15.3 Å². The maximum atomic E-state index is 13.0. The fourth-order valence-electron chi connectivity index (χ4n) is 2.69. The molecule has 4 aromatic rings. The van der Waals surface area contributed by atoms with Crippen LogP contribution in [0.15, 0.2) is 48.5 Å². The molecule has 0 amide bonds. The second-order valence-electron chi connectivity index (χ2n) is 5.75. The van der Waals surface area contributed by atoms with Crippen molar-refractivity contribution in [2.45, 2.75) is 6.18 Å². The van der Waals surface area contributed by atoms with E-state index in [-0.39, 0.29) is 22.8 Å². The first-order chi connectivity index (χ1) is 13.4. The van der Waals surface area contributed by atoms with Crippen molar-refractivity contribution in [3.63, 3.8) is 0 Å². The Morgan fingerprint density at radius 1 is 1.04 bits per heavy atom. The summed E-state index contributed by atoms with van der Waals surface area (Å²) < 4.78 is 50.0. The number of ether oxygens (including phenoxy) is 2. The van der Waals surface area contributed by atoms with Crippen LogP contribution in [0, 0.1) is 0 Å². The summed E-state index contributed by atoms with van der Waals surface area (Å²) in [4.78, 5) is 12.1. The zero-order valence-electron chi connectivity index (χ0n) is 14.3. The number of nitrogens with zero attached hydrogens (tertiary/aromatic N) is 4. The SMILES string of the molecule is COC(=O)c1cc2ccccc2cc1Oc1ccc2nnc(C(F)(F)F)n2n1. The molecule has 0 bridgehead atoms. The highest BCUT2D eigenvalue weighted by Crippen LogP contribution is 2.31. The molecule has 2 aromatic heterocycles. The molecule has 0 saturated carbocycles. The fraction of sp³-hybridized carbons (Fsp3) is 0.111. The van der Waals surface area contributed by atoms with Crippen molar-refractivity contribution in [1.82, 2.24) is 19.8 Å². The lowest BCUT2D eigenvalue weighted by Gasteiger charge is -2.11. The summed E-state index contributed by atoms with van der Waals surface area (Å²) in [5.41, 5.74) is 0.0225. The Bertz CT molecular complexity index is 1200. The van der Waals surface area contributed by atoms with Gasteiger partial charge in [-0.25, -0.2) is 4.79 Å². The standard InChI is InChI=1S/C18H11F3N4O3/c1-27-16(26)12-8-10-4-2-3-5-11(10)9-13(12)28-15-7-6-14-22-23-17(18(19,20)21)25(14)24-15/h2-9H,1H3. The molecule has 0 atom stereocenters. The molecule has 0 radical (unpaired) electrons. The van der Waals surface area contributed by atoms with Gasteiger partial charge >= 0.3 is 12.1 Å². The molecule has 0 aliphatic heterocycles. The summed E-state index contributed by atoms with van der Waals surface area (Å²) in [7, 11) is 1.22. The Morgan fingerprint density at radius 2 is 1.75 bits per heavy atom. The Labute approximate surface area is 155 Å². The molecule has 28 heavy (non-hydrogen) atoms. The van der Waals surface area contributed by atoms with Crippen molar-refractivity contribution in [3.05, 3.63) is 59.9 Å². The summed E-state index contributed by atoms with van der Waals surface area (Å²) in [6.45, 7) is 0. The fourth-order valence-corrected chi connectivity index (χ4v) is 2.69. The van der Waals surface area contributed by atoms with Crippen LogP contribution in [0.3, 0.4) is 0 Å². The van der Waals surface area contributed by atoms with Crippen LogP contribution in [0.25, 0.3) is 16.4 Å². The van der Waals surface area contributed by atoms with Crippen molar-refractivity contribution in [2.24, 2.45) is 0 Å². The number of hydrogen-bond acceptors (Lipinski definition) is 6. The second kappa shape index (κ2) is 6.48. The van der Waals surface area contributed by atoms with Crippen molar-refractivity contribution < 1.29 is 27.4 Å². The number of rotatable bonds is 3. The second-order valence-corrected chi connectivity index (χ2v) is 5.75. The van der Waals surface area contributed by atoms with Crippen molar-refractivity contribution in [2.75, 3.05) is 7.11 Å². The number of aromatic nitrogens is 4. The molecule has 2 heterocycles. The summed E-state index contributed by atoms with van der Waals surface area (Å²) in [6, 6.07) is 13.0. The van der Waals surface area contributed by atoms with Gasteiger partial charge in [-0.15, -0.1) is 15.3 Å². The number of benzene rings is 2. The zero-order valence-corrected chi connectivity index (χ0v) is 14.3. The number of hydrogen-bond donors (Lipinski definition) is 0. The smallest absolute Gasteiger partial charge is 0.453 e. The first-order valence-electron chi connectivity index (χ1n) is 7.95. The molecule has 0 N–H and O–H groups in total. The Balaban J connectivity index is 1.82. The predicted molar refractivity (Wildman–Crippen MR) is 91.1 cm³/mol. The van der Waals surface area contributed by atoms with E-state index in [1.807, 2.05) is 12.1 Å². The van der Waals surface area contributed by atoms with Gasteiger partial charge in [0.25, 0.3) is 5.82 Å². The molecular weight excluding hydrogens is 377 g/mol. The number of fused-ring (bicyclic) bond motifs is 2. The minimum Gasteiger partial charge on any atom is -0.465 e. The van der Waals surface area contributed by atoms with Gasteiger partial charge in [-0.3, -0.25) is 0 Å². The maximum absolute atomic E-state index is 13.0. The van der Waals surface area contributed by atoms with Gasteiger partial charge < -0.3 is 9.47 Å². The molecule has 7 nitrogen and oxygen atoms in total. The number of halogens is 3. The molecule has 0 fully saturated rings. The van der Waals surface area contributed by atoms with Gasteiger partial charge in [-0.05, 0) is 29.0 Å². The van der Waals surface area contributed by atoms with Crippen LogP contribution < -0.4 is 4.74 Å². The van der Waals surface area contributed by atoms with Gasteiger partial charge in [0.1, 0.15) is 11.3 Å². The van der Waals surface area contributed by atoms with Gasteiger partial charge in [-0.1, -0.05) is 24.3 Å². The average molecular weight is 388 g/mol. The van der Waals surface area contributed by atoms with Gasteiger partial charge in [0.15, 0.2) is 5.65 Å². The van der Waals surface area contributed by atoms with E-state index in [1.165, 1.54) is 19.2 Å². The Morgan fingerprint density at radius 3 is 2.43 bits per heavy atom. The summed E-state index contributed by atoms with van der Waals surface area (Å²) in [5.74, 6) is -2.00. The largest absolute Gasteiger partial charge is 0.465 e. The highest BCUT2D eigenvalue weighted by Gasteiger charge is 2.37. The Kier molecular flexibility index (Phi) is 4.10. The summed E-state index contributed by atoms with van der Waals surface area (Å²) >= 11 is 0. The van der Waals surface area contributed by atoms with E-state index >= 15 is 0 Å². The highest BCUT2D eigenvalue weighted by molar-refractivity contribution is 5.98. The maximum Gasteiger partial charge on any atom is 0.453 e. The number of esters is 1. The van der Waals surface area contributed by atoms with Crippen molar-refractivity contribution >= 4 is 22.4 Å². The van der Waals surface area contributed by atoms with E-state index in [9.17, 15) is 18.0 Å². The number of carbonyl (C=O) groups is 1. The predicted octanol–water partition coefficient (Wildman–Crippen LogP) is 3.88. The molecule has 2 aromatic carbocycles. The van der Waals surface area contributed by atoms with Gasteiger partial charge in [0.2, 0.25) is 5.88 Å². The molecule has 142 valence electrons. The van der Waals surface area contributed by atoms with E-state index in [1.54, 1.807) is 24.3 Å². The molecule has 10 heteroatoms. The Hall–Kier alpha value is -3.69. The van der Waals surface area contributed by atoms with Gasteiger partial charge in [0, 0.05) is 6.07 Å². The topological polar surface area (TPSA) is 78.6 Å². The third-order valence-electron chi connectivity index (χ3n) is 3.96. The minimum absolute atomic E-state index is 0.0913. The molecule has 0 spiro atoms. The first-order valence-corrected chi connectivity index (χ1v) is 7.95. The summed E-state index contributed by atoms with van der Waals surface area (Å²) in [6.07, 6.45) is -4.73. The number of carbonyl (C=O) groups excluding carboxylic acids is 1. The highest BCUT2D eigenvalue weighted by atomic mass is 19.4. The molecule has 0 unspecified atom stereocenters. The monoisotopic (exact) mass is 388 g/mol. The quantitative estimate of drug-likeness (QED) is 0.496. The van der Waals surface area contributed by atoms with Gasteiger partial charge in [0.05, 0.1) is 7.11 Å². The van der Waals surface area contributed by atoms with Crippen LogP contribution >= 0.6 is 0 Å². The van der Waals surface area contributed by atoms with Crippen LogP contribution in [0.5, 0.6) is 11.6 Å². The van der Waals surface area contributed by atoms with Crippen LogP contribution in [-0.2, 0) is 10.9 Å². The molecule has 4 rings (SSSR count). The van der Waals surface area contributed by atoms with Crippen LogP contribution in [0.4, 0.5) is 13.2 Å². The first kappa shape index (κ1) is 17.7. The number of methoxy groups -OCH3 is 1.